The molecular weight excluding hydrogens is 468 g/mol. The largest absolute Gasteiger partial charge is 0.423 e. The van der Waals surface area contributed by atoms with Crippen LogP contribution in [0, 0.1) is 0 Å². The van der Waals surface area contributed by atoms with Gasteiger partial charge in [-0.15, -0.1) is 11.3 Å². The molecule has 166 valence electrons. The van der Waals surface area contributed by atoms with E-state index in [2.05, 4.69) is 10.5 Å². The van der Waals surface area contributed by atoms with Gasteiger partial charge < -0.3 is 4.74 Å². The first-order valence-corrected chi connectivity index (χ1v) is 11.6. The first kappa shape index (κ1) is 21.8. The van der Waals surface area contributed by atoms with Gasteiger partial charge in [0.2, 0.25) is 0 Å². The first-order chi connectivity index (χ1) is 16.6. The number of fused-ring (bicyclic) bond motifs is 2. The minimum Gasteiger partial charge on any atom is -0.423 e. The van der Waals surface area contributed by atoms with E-state index in [4.69, 9.17) is 16.3 Å². The molecule has 7 heteroatoms. The third-order valence-corrected chi connectivity index (χ3v) is 6.90. The molecule has 0 spiro atoms. The van der Waals surface area contributed by atoms with Gasteiger partial charge in [0.05, 0.1) is 16.8 Å². The highest BCUT2D eigenvalue weighted by Crippen LogP contribution is 2.35. The molecule has 34 heavy (non-hydrogen) atoms. The third-order valence-electron chi connectivity index (χ3n) is 5.22. The summed E-state index contributed by atoms with van der Waals surface area (Å²) in [6, 6.07) is 27.6. The van der Waals surface area contributed by atoms with Gasteiger partial charge >= 0.3 is 5.97 Å². The second-order valence-electron chi connectivity index (χ2n) is 7.43. The number of halogens is 1. The van der Waals surface area contributed by atoms with E-state index in [0.717, 1.165) is 26.4 Å². The van der Waals surface area contributed by atoms with Crippen molar-refractivity contribution in [2.45, 2.75) is 0 Å². The lowest BCUT2D eigenvalue weighted by molar-refractivity contribution is 0.0736. The molecule has 0 unspecified atom stereocenters. The average Bonchev–Trinajstić information content (AvgIpc) is 3.21. The molecule has 0 bridgehead atoms. The van der Waals surface area contributed by atoms with Crippen molar-refractivity contribution in [3.63, 3.8) is 0 Å². The number of hydrogen-bond donors (Lipinski definition) is 1. The van der Waals surface area contributed by atoms with Crippen molar-refractivity contribution >= 4 is 61.9 Å². The Bertz CT molecular complexity index is 1550. The summed E-state index contributed by atoms with van der Waals surface area (Å²) in [4.78, 5) is 25.6. The summed E-state index contributed by atoms with van der Waals surface area (Å²) in [5.41, 5.74) is 3.74. The normalized spacial score (nSPS) is 11.2. The van der Waals surface area contributed by atoms with Crippen molar-refractivity contribution in [3.05, 3.63) is 112 Å². The van der Waals surface area contributed by atoms with Crippen LogP contribution in [0.2, 0.25) is 5.02 Å². The first-order valence-electron chi connectivity index (χ1n) is 10.4. The fourth-order valence-corrected chi connectivity index (χ4v) is 4.97. The lowest BCUT2D eigenvalue weighted by atomic mass is 10.0. The maximum absolute atomic E-state index is 12.7. The molecule has 5 rings (SSSR count). The fourth-order valence-electron chi connectivity index (χ4n) is 3.56. The predicted octanol–water partition coefficient (Wildman–Crippen LogP) is 6.69. The predicted molar refractivity (Wildman–Crippen MR) is 137 cm³/mol. The van der Waals surface area contributed by atoms with E-state index in [0.29, 0.717) is 21.2 Å². The molecular formula is C27H17ClN2O3S. The molecule has 4 aromatic carbocycles. The summed E-state index contributed by atoms with van der Waals surface area (Å²) in [5.74, 6) is -0.384. The molecule has 1 heterocycles. The quantitative estimate of drug-likeness (QED) is 0.131. The summed E-state index contributed by atoms with van der Waals surface area (Å²) in [5, 5.41) is 7.10. The van der Waals surface area contributed by atoms with Crippen LogP contribution in [0.15, 0.2) is 96.1 Å². The topological polar surface area (TPSA) is 67.8 Å². The molecule has 0 radical (unpaired) electrons. The highest BCUT2D eigenvalue weighted by atomic mass is 35.5. The van der Waals surface area contributed by atoms with E-state index in [1.54, 1.807) is 30.3 Å². The Morgan fingerprint density at radius 1 is 0.853 bits per heavy atom. The monoisotopic (exact) mass is 484 g/mol. The van der Waals surface area contributed by atoms with Gasteiger partial charge in [-0.3, -0.25) is 4.79 Å². The summed E-state index contributed by atoms with van der Waals surface area (Å²) in [6.07, 6.45) is 1.51. The molecule has 0 aliphatic heterocycles. The Hall–Kier alpha value is -4.00. The Morgan fingerprint density at radius 2 is 1.56 bits per heavy atom. The average molecular weight is 485 g/mol. The maximum atomic E-state index is 12.7. The molecule has 1 N–H and O–H groups in total. The van der Waals surface area contributed by atoms with Gasteiger partial charge in [-0.1, -0.05) is 66.2 Å². The molecule has 0 saturated heterocycles. The minimum atomic E-state index is -0.425. The van der Waals surface area contributed by atoms with Crippen LogP contribution in [-0.2, 0) is 0 Å². The summed E-state index contributed by atoms with van der Waals surface area (Å²) in [7, 11) is 0. The fraction of sp³-hybridized carbons (Fsp3) is 0. The van der Waals surface area contributed by atoms with Gasteiger partial charge in [0.25, 0.3) is 5.91 Å². The Balaban J connectivity index is 1.24. The second-order valence-corrected chi connectivity index (χ2v) is 8.86. The van der Waals surface area contributed by atoms with E-state index in [1.807, 2.05) is 60.7 Å². The van der Waals surface area contributed by atoms with Gasteiger partial charge in [-0.2, -0.15) is 5.10 Å². The van der Waals surface area contributed by atoms with Crippen LogP contribution in [0.3, 0.4) is 0 Å². The summed E-state index contributed by atoms with van der Waals surface area (Å²) in [6.45, 7) is 0. The number of carbonyl (C=O) groups is 2. The van der Waals surface area contributed by atoms with Crippen LogP contribution < -0.4 is 10.2 Å². The Kier molecular flexibility index (Phi) is 6.08. The lowest BCUT2D eigenvalue weighted by Gasteiger charge is -2.07. The van der Waals surface area contributed by atoms with Crippen molar-refractivity contribution in [2.24, 2.45) is 5.10 Å². The number of nitrogens with one attached hydrogen (secondary N) is 1. The van der Waals surface area contributed by atoms with Crippen LogP contribution in [0.25, 0.3) is 20.9 Å². The highest BCUT2D eigenvalue weighted by Gasteiger charge is 2.16. The van der Waals surface area contributed by atoms with Crippen molar-refractivity contribution < 1.29 is 14.3 Å². The lowest BCUT2D eigenvalue weighted by Crippen LogP contribution is -2.16. The summed E-state index contributed by atoms with van der Waals surface area (Å²) >= 11 is 7.66. The Morgan fingerprint density at radius 3 is 2.35 bits per heavy atom. The Labute approximate surface area is 204 Å². The minimum absolute atomic E-state index is 0.372. The molecule has 0 fully saturated rings. The van der Waals surface area contributed by atoms with E-state index in [9.17, 15) is 9.59 Å². The molecule has 5 nitrogen and oxygen atoms in total. The zero-order valence-corrected chi connectivity index (χ0v) is 19.3. The van der Waals surface area contributed by atoms with Crippen LogP contribution in [0.4, 0.5) is 0 Å². The number of hydrazone groups is 1. The molecule has 5 aromatic rings. The number of hydrogen-bond acceptors (Lipinski definition) is 5. The van der Waals surface area contributed by atoms with Gasteiger partial charge in [-0.05, 0) is 52.7 Å². The standard InChI is InChI=1S/C27H17ClN2O3S/c28-24-22-9-3-4-11-23(22)34-25(24)26(31)30-29-16-17-12-14-19(15-13-17)33-27(32)21-10-5-7-18-6-1-2-8-20(18)21/h1-16H,(H,30,31)/b29-16-. The third kappa shape index (κ3) is 4.41. The van der Waals surface area contributed by atoms with Crippen LogP contribution >= 0.6 is 22.9 Å². The molecule has 0 aliphatic carbocycles. The van der Waals surface area contributed by atoms with Crippen LogP contribution in [0.5, 0.6) is 5.75 Å². The van der Waals surface area contributed by atoms with Gasteiger partial charge in [0.1, 0.15) is 10.6 Å². The number of esters is 1. The van der Waals surface area contributed by atoms with Crippen molar-refractivity contribution in [1.82, 2.24) is 5.43 Å². The highest BCUT2D eigenvalue weighted by molar-refractivity contribution is 7.21. The summed E-state index contributed by atoms with van der Waals surface area (Å²) < 4.78 is 6.48. The second kappa shape index (κ2) is 9.47. The SMILES string of the molecule is O=C(N/N=C\c1ccc(OC(=O)c2cccc3ccccc23)cc1)c1sc2ccccc2c1Cl. The van der Waals surface area contributed by atoms with Crippen LogP contribution in [-0.4, -0.2) is 18.1 Å². The van der Waals surface area contributed by atoms with Gasteiger partial charge in [0, 0.05) is 10.1 Å². The smallest absolute Gasteiger partial charge is 0.344 e. The molecule has 0 saturated carbocycles. The van der Waals surface area contributed by atoms with E-state index >= 15 is 0 Å². The molecule has 0 atom stereocenters. The molecule has 1 aromatic heterocycles. The molecule has 1 amide bonds. The van der Waals surface area contributed by atoms with Crippen molar-refractivity contribution in [1.29, 1.82) is 0 Å². The van der Waals surface area contributed by atoms with E-state index in [-0.39, 0.29) is 5.91 Å². The number of thiophene rings is 1. The number of benzene rings is 4. The number of ether oxygens (including phenoxy) is 1. The number of amides is 1. The molecule has 0 aliphatic rings. The van der Waals surface area contributed by atoms with Crippen LogP contribution in [0.1, 0.15) is 25.6 Å². The zero-order chi connectivity index (χ0) is 23.5. The zero-order valence-electron chi connectivity index (χ0n) is 17.7. The van der Waals surface area contributed by atoms with E-state index in [1.165, 1.54) is 17.6 Å². The van der Waals surface area contributed by atoms with Crippen molar-refractivity contribution in [3.8, 4) is 5.75 Å². The van der Waals surface area contributed by atoms with Crippen molar-refractivity contribution in [2.75, 3.05) is 0 Å². The van der Waals surface area contributed by atoms with E-state index < -0.39 is 5.97 Å². The van der Waals surface area contributed by atoms with Gasteiger partial charge in [-0.25, -0.2) is 10.2 Å². The number of nitrogens with zero attached hydrogens (tertiary/aromatic N) is 1. The van der Waals surface area contributed by atoms with Gasteiger partial charge in [0.15, 0.2) is 0 Å². The maximum Gasteiger partial charge on any atom is 0.344 e. The number of rotatable bonds is 5. The number of carbonyl (C=O) groups excluding carboxylic acids is 2.